The molecule has 0 spiro atoms. The highest BCUT2D eigenvalue weighted by Crippen LogP contribution is 2.28. The number of rotatable bonds is 0. The minimum Gasteiger partial charge on any atom is -0.387 e. The van der Waals surface area contributed by atoms with Gasteiger partial charge in [0.1, 0.15) is 18.3 Å². The fraction of sp³-hybridized carbons (Fsp3) is 1.00. The van der Waals surface area contributed by atoms with Gasteiger partial charge in [-0.15, -0.1) is 0 Å². The van der Waals surface area contributed by atoms with E-state index in [2.05, 4.69) is 0 Å². The Bertz CT molecular complexity index is 108. The number of aliphatic hydroxyl groups is 2. The molecule has 2 bridgehead atoms. The van der Waals surface area contributed by atoms with E-state index in [0.29, 0.717) is 6.61 Å². The zero-order valence-electron chi connectivity index (χ0n) is 4.73. The first-order chi connectivity index (χ1) is 4.29. The van der Waals surface area contributed by atoms with Crippen molar-refractivity contribution in [2.45, 2.75) is 24.6 Å². The molecule has 0 saturated carbocycles. The predicted molar refractivity (Wildman–Crippen MR) is 26.6 cm³/mol. The Hall–Kier alpha value is -0.160. The maximum absolute atomic E-state index is 9.03. The van der Waals surface area contributed by atoms with Crippen molar-refractivity contribution in [3.8, 4) is 0 Å². The van der Waals surface area contributed by atoms with Gasteiger partial charge in [-0.05, 0) is 0 Å². The van der Waals surface area contributed by atoms with Gasteiger partial charge in [-0.3, -0.25) is 0 Å². The molecule has 4 atom stereocenters. The molecule has 2 N–H and O–H groups in total. The Kier molecular flexibility index (Phi) is 1.04. The third-order valence-corrected chi connectivity index (χ3v) is 1.74. The second-order valence-corrected chi connectivity index (χ2v) is 2.36. The van der Waals surface area contributed by atoms with Crippen LogP contribution in [0, 0.1) is 0 Å². The van der Waals surface area contributed by atoms with Gasteiger partial charge >= 0.3 is 0 Å². The van der Waals surface area contributed by atoms with Crippen LogP contribution in [-0.4, -0.2) is 41.4 Å². The Morgan fingerprint density at radius 1 is 1.22 bits per heavy atom. The largest absolute Gasteiger partial charge is 0.387 e. The van der Waals surface area contributed by atoms with Gasteiger partial charge in [-0.1, -0.05) is 0 Å². The lowest BCUT2D eigenvalue weighted by Crippen LogP contribution is -2.39. The van der Waals surface area contributed by atoms with E-state index in [0.717, 1.165) is 0 Å². The van der Waals surface area contributed by atoms with E-state index < -0.39 is 18.5 Å². The van der Waals surface area contributed by atoms with Crippen molar-refractivity contribution in [2.75, 3.05) is 6.61 Å². The molecule has 9 heavy (non-hydrogen) atoms. The molecule has 2 aliphatic heterocycles. The van der Waals surface area contributed by atoms with E-state index in [1.54, 1.807) is 0 Å². The molecule has 2 rings (SSSR count). The van der Waals surface area contributed by atoms with Crippen molar-refractivity contribution in [1.82, 2.24) is 0 Å². The minimum absolute atomic E-state index is 0.301. The summed E-state index contributed by atoms with van der Waals surface area (Å²) in [5.74, 6) is 0. The zero-order valence-corrected chi connectivity index (χ0v) is 4.73. The third-order valence-electron chi connectivity index (χ3n) is 1.74. The highest BCUT2D eigenvalue weighted by Gasteiger charge is 2.48. The van der Waals surface area contributed by atoms with Crippen LogP contribution in [0.5, 0.6) is 0 Å². The topological polar surface area (TPSA) is 58.9 Å². The molecule has 0 unspecified atom stereocenters. The monoisotopic (exact) mass is 132 g/mol. The minimum atomic E-state index is -0.844. The summed E-state index contributed by atoms with van der Waals surface area (Å²) in [6, 6.07) is 0. The molecular weight excluding hydrogens is 124 g/mol. The van der Waals surface area contributed by atoms with Gasteiger partial charge in [0, 0.05) is 0 Å². The second-order valence-electron chi connectivity index (χ2n) is 2.36. The summed E-state index contributed by atoms with van der Waals surface area (Å²) in [5.41, 5.74) is 0. The van der Waals surface area contributed by atoms with Crippen LogP contribution >= 0.6 is 0 Å². The molecule has 2 aliphatic rings. The molecule has 2 heterocycles. The SMILES string of the molecule is O[C@@H]1[C@@H](O)[C@@H]2OC[C@H]1O2. The van der Waals surface area contributed by atoms with E-state index in [-0.39, 0.29) is 6.10 Å². The summed E-state index contributed by atoms with van der Waals surface area (Å²) in [5, 5.41) is 18.0. The Morgan fingerprint density at radius 2 is 2.00 bits per heavy atom. The van der Waals surface area contributed by atoms with E-state index in [1.807, 2.05) is 0 Å². The summed E-state index contributed by atoms with van der Waals surface area (Å²) in [6.45, 7) is 0.406. The molecule has 0 aliphatic carbocycles. The standard InChI is InChI=1S/C5H8O4/c6-3-2-1-8-5(9-2)4(3)7/h2-7H,1H2/t2-,3+,4-,5-/m1/s1. The summed E-state index contributed by atoms with van der Waals surface area (Å²) < 4.78 is 9.88. The summed E-state index contributed by atoms with van der Waals surface area (Å²) in [4.78, 5) is 0. The molecule has 0 aromatic rings. The number of hydrogen-bond donors (Lipinski definition) is 2. The van der Waals surface area contributed by atoms with Gasteiger partial charge in [0.15, 0.2) is 6.29 Å². The quantitative estimate of drug-likeness (QED) is 0.419. The van der Waals surface area contributed by atoms with Crippen molar-refractivity contribution in [3.63, 3.8) is 0 Å². The molecule has 4 heteroatoms. The Balaban J connectivity index is 2.15. The highest BCUT2D eigenvalue weighted by molar-refractivity contribution is 4.90. The van der Waals surface area contributed by atoms with Crippen molar-refractivity contribution in [1.29, 1.82) is 0 Å². The zero-order chi connectivity index (χ0) is 6.43. The van der Waals surface area contributed by atoms with Crippen molar-refractivity contribution in [3.05, 3.63) is 0 Å². The van der Waals surface area contributed by atoms with E-state index in [9.17, 15) is 0 Å². The van der Waals surface area contributed by atoms with E-state index >= 15 is 0 Å². The molecule has 0 aromatic heterocycles. The van der Waals surface area contributed by atoms with Gasteiger partial charge in [-0.25, -0.2) is 0 Å². The number of hydrogen-bond acceptors (Lipinski definition) is 4. The first kappa shape index (κ1) is 5.61. The molecule has 0 amide bonds. The van der Waals surface area contributed by atoms with Crippen LogP contribution < -0.4 is 0 Å². The maximum Gasteiger partial charge on any atom is 0.186 e. The normalized spacial score (nSPS) is 56.7. The van der Waals surface area contributed by atoms with Crippen molar-refractivity contribution >= 4 is 0 Å². The summed E-state index contributed by atoms with van der Waals surface area (Å²) >= 11 is 0. The van der Waals surface area contributed by atoms with Crippen LogP contribution in [0.1, 0.15) is 0 Å². The van der Waals surface area contributed by atoms with E-state index in [1.165, 1.54) is 0 Å². The number of fused-ring (bicyclic) bond motifs is 2. The summed E-state index contributed by atoms with van der Waals surface area (Å²) in [6.07, 6.45) is -2.47. The average Bonchev–Trinajstić information content (AvgIpc) is 2.37. The highest BCUT2D eigenvalue weighted by atomic mass is 16.7. The van der Waals surface area contributed by atoms with E-state index in [4.69, 9.17) is 19.7 Å². The van der Waals surface area contributed by atoms with Crippen molar-refractivity contribution < 1.29 is 19.7 Å². The van der Waals surface area contributed by atoms with Crippen molar-refractivity contribution in [2.24, 2.45) is 0 Å². The fourth-order valence-electron chi connectivity index (χ4n) is 1.18. The molecule has 2 saturated heterocycles. The van der Waals surface area contributed by atoms with Crippen LogP contribution in [0.3, 0.4) is 0 Å². The second kappa shape index (κ2) is 1.67. The lowest BCUT2D eigenvalue weighted by molar-refractivity contribution is -0.111. The lowest BCUT2D eigenvalue weighted by Gasteiger charge is -2.17. The van der Waals surface area contributed by atoms with Gasteiger partial charge in [-0.2, -0.15) is 0 Å². The smallest absolute Gasteiger partial charge is 0.186 e. The number of aliphatic hydroxyl groups excluding tert-OH is 2. The van der Waals surface area contributed by atoms with Gasteiger partial charge in [0.05, 0.1) is 6.61 Å². The first-order valence-electron chi connectivity index (χ1n) is 2.92. The fourth-order valence-corrected chi connectivity index (χ4v) is 1.18. The van der Waals surface area contributed by atoms with Crippen LogP contribution in [-0.2, 0) is 9.47 Å². The molecule has 0 radical (unpaired) electrons. The first-order valence-corrected chi connectivity index (χ1v) is 2.92. The van der Waals surface area contributed by atoms with Crippen LogP contribution in [0.2, 0.25) is 0 Å². The van der Waals surface area contributed by atoms with Crippen LogP contribution in [0.25, 0.3) is 0 Å². The molecule has 2 fully saturated rings. The molecule has 4 nitrogen and oxygen atoms in total. The Morgan fingerprint density at radius 3 is 2.33 bits per heavy atom. The van der Waals surface area contributed by atoms with Crippen LogP contribution in [0.15, 0.2) is 0 Å². The summed E-state index contributed by atoms with van der Waals surface area (Å²) in [7, 11) is 0. The number of ether oxygens (including phenoxy) is 2. The van der Waals surface area contributed by atoms with Gasteiger partial charge in [0.2, 0.25) is 0 Å². The third kappa shape index (κ3) is 0.616. The lowest BCUT2D eigenvalue weighted by atomic mass is 10.1. The average molecular weight is 132 g/mol. The molecule has 0 aromatic carbocycles. The predicted octanol–water partition coefficient (Wildman–Crippen LogP) is -1.54. The Labute approximate surface area is 52.0 Å². The van der Waals surface area contributed by atoms with Gasteiger partial charge in [0.25, 0.3) is 0 Å². The van der Waals surface area contributed by atoms with Gasteiger partial charge < -0.3 is 19.7 Å². The molecular formula is C5H8O4. The van der Waals surface area contributed by atoms with Crippen LogP contribution in [0.4, 0.5) is 0 Å². The maximum atomic E-state index is 9.03. The molecule has 52 valence electrons.